The highest BCUT2D eigenvalue weighted by Crippen LogP contribution is 2.49. The largest absolute Gasteiger partial charge is 0.497 e. The number of carbonyl (C=O) groups is 1. The third-order valence-electron chi connectivity index (χ3n) is 14.2. The number of imidazole rings is 1. The number of Topliss-reactive ketones (excluding diaryl/α,β-unsaturated/α-hetero) is 1. The number of nitrogens with two attached hydrogens (primary N) is 1. The van der Waals surface area contributed by atoms with Crippen molar-refractivity contribution in [2.75, 3.05) is 32.3 Å². The molecule has 10 rings (SSSR count). The fourth-order valence-corrected chi connectivity index (χ4v) is 12.0. The lowest BCUT2D eigenvalue weighted by molar-refractivity contribution is -0.134. The summed E-state index contributed by atoms with van der Waals surface area (Å²) in [6.07, 6.45) is 0.256. The van der Waals surface area contributed by atoms with Crippen LogP contribution in [0.25, 0.3) is 11.2 Å². The van der Waals surface area contributed by atoms with Crippen LogP contribution in [0.2, 0.25) is 0 Å². The van der Waals surface area contributed by atoms with E-state index in [4.69, 9.17) is 29.4 Å². The van der Waals surface area contributed by atoms with Crippen LogP contribution in [0.1, 0.15) is 75.6 Å². The Morgan fingerprint density at radius 1 is 0.632 bits per heavy atom. The van der Waals surface area contributed by atoms with Crippen molar-refractivity contribution in [2.24, 2.45) is 0 Å². The average Bonchev–Trinajstić information content (AvgIpc) is 4.18. The predicted octanol–water partition coefficient (Wildman–Crippen LogP) is 11.6. The molecule has 7 aromatic carbocycles. The number of methoxy groups -OCH3 is 2. The van der Waals surface area contributed by atoms with Crippen molar-refractivity contribution < 1.29 is 33.6 Å². The third-order valence-corrected chi connectivity index (χ3v) is 15.8. The van der Waals surface area contributed by atoms with Gasteiger partial charge in [0.2, 0.25) is 0 Å². The van der Waals surface area contributed by atoms with Gasteiger partial charge >= 0.3 is 0 Å². The van der Waals surface area contributed by atoms with Crippen LogP contribution in [-0.2, 0) is 24.6 Å². The molecule has 76 heavy (non-hydrogen) atoms. The molecule has 3 heterocycles. The van der Waals surface area contributed by atoms with Crippen molar-refractivity contribution in [3.8, 4) is 11.5 Å². The summed E-state index contributed by atoms with van der Waals surface area (Å²) in [7, 11) is 3.23. The minimum atomic E-state index is -1.45. The lowest BCUT2D eigenvalue weighted by atomic mass is 9.79. The van der Waals surface area contributed by atoms with Crippen LogP contribution in [0.3, 0.4) is 0 Å². The van der Waals surface area contributed by atoms with E-state index >= 15 is 4.79 Å². The number of fused-ring (bicyclic) bond motifs is 1. The van der Waals surface area contributed by atoms with E-state index in [0.717, 1.165) is 30.6 Å². The van der Waals surface area contributed by atoms with Crippen LogP contribution in [-0.4, -0.2) is 81.4 Å². The van der Waals surface area contributed by atoms with Gasteiger partial charge in [0, 0.05) is 12.2 Å². The molecule has 1 fully saturated rings. The smallest absolute Gasteiger partial charge is 0.194 e. The molecule has 1 saturated heterocycles. The molecular weight excluding hydrogens is 971 g/mol. The van der Waals surface area contributed by atoms with Gasteiger partial charge in [-0.05, 0) is 76.2 Å². The lowest BCUT2D eigenvalue weighted by Gasteiger charge is -2.40. The summed E-state index contributed by atoms with van der Waals surface area (Å²) in [5.41, 5.74) is 11.8. The SMILES string of the molecule is COc1ccc(C(OC(C(=O)c2ccccc2)[C@H]2O[C@@H](n3cnc4c(N)ncnc43)[C@H](O)[C@@H]2OCCCCCCSC(c2ccccc2)(c2ccccc2)c2ccccc2)(c2ccccc2)c2ccc(OC)cc2)cc1. The second-order valence-electron chi connectivity index (χ2n) is 18.7. The van der Waals surface area contributed by atoms with Crippen molar-refractivity contribution >= 4 is 34.5 Å². The topological polar surface area (TPSA) is 153 Å². The number of ether oxygens (including phenoxy) is 5. The van der Waals surface area contributed by atoms with E-state index < -0.39 is 41.0 Å². The summed E-state index contributed by atoms with van der Waals surface area (Å²) in [4.78, 5) is 28.7. The number of aliphatic hydroxyl groups is 1. The number of aliphatic hydroxyl groups excluding tert-OH is 1. The first-order valence-corrected chi connectivity index (χ1v) is 26.6. The number of carbonyl (C=O) groups excluding carboxylic acids is 1. The fraction of sp³-hybridized carbons (Fsp3) is 0.238. The zero-order valence-corrected chi connectivity index (χ0v) is 43.3. The highest BCUT2D eigenvalue weighted by Gasteiger charge is 2.54. The van der Waals surface area contributed by atoms with Gasteiger partial charge in [-0.3, -0.25) is 9.36 Å². The van der Waals surface area contributed by atoms with Gasteiger partial charge in [0.15, 0.2) is 29.6 Å². The van der Waals surface area contributed by atoms with Gasteiger partial charge in [-0.25, -0.2) is 15.0 Å². The van der Waals surface area contributed by atoms with Crippen molar-refractivity contribution in [1.82, 2.24) is 19.5 Å². The first-order chi connectivity index (χ1) is 37.3. The molecule has 13 heteroatoms. The Balaban J connectivity index is 0.969. The minimum absolute atomic E-state index is 0.178. The van der Waals surface area contributed by atoms with Crippen LogP contribution in [0.15, 0.2) is 213 Å². The number of hydrogen-bond donors (Lipinski definition) is 2. The van der Waals surface area contributed by atoms with E-state index in [0.29, 0.717) is 45.8 Å². The Morgan fingerprint density at radius 3 is 1.64 bits per heavy atom. The van der Waals surface area contributed by atoms with Crippen molar-refractivity contribution in [3.63, 3.8) is 0 Å². The van der Waals surface area contributed by atoms with Crippen LogP contribution < -0.4 is 15.2 Å². The van der Waals surface area contributed by atoms with Gasteiger partial charge in [-0.1, -0.05) is 189 Å². The van der Waals surface area contributed by atoms with Crippen LogP contribution in [0.5, 0.6) is 11.5 Å². The number of thioether (sulfide) groups is 1. The van der Waals surface area contributed by atoms with Gasteiger partial charge in [-0.15, -0.1) is 11.8 Å². The Hall–Kier alpha value is -7.65. The summed E-state index contributed by atoms with van der Waals surface area (Å²) < 4.78 is 34.0. The van der Waals surface area contributed by atoms with E-state index in [9.17, 15) is 5.11 Å². The third kappa shape index (κ3) is 10.5. The molecule has 0 amide bonds. The molecule has 1 unspecified atom stereocenters. The van der Waals surface area contributed by atoms with E-state index in [1.54, 1.807) is 30.9 Å². The van der Waals surface area contributed by atoms with E-state index in [1.165, 1.54) is 29.3 Å². The normalized spacial score (nSPS) is 17.1. The van der Waals surface area contributed by atoms with Gasteiger partial charge in [-0.2, -0.15) is 0 Å². The number of nitrogen functional groups attached to an aromatic ring is 1. The highest BCUT2D eigenvalue weighted by atomic mass is 32.2. The van der Waals surface area contributed by atoms with Crippen LogP contribution in [0.4, 0.5) is 5.82 Å². The summed E-state index contributed by atoms with van der Waals surface area (Å²) in [5, 5.41) is 12.6. The quantitative estimate of drug-likeness (QED) is 0.0356. The number of nitrogens with zero attached hydrogens (tertiary/aromatic N) is 4. The molecule has 5 atom stereocenters. The Bertz CT molecular complexity index is 3120. The molecule has 1 aliphatic rings. The molecule has 0 bridgehead atoms. The number of unbranched alkanes of at least 4 members (excludes halogenated alkanes) is 3. The first-order valence-electron chi connectivity index (χ1n) is 25.7. The number of anilines is 1. The average molecular weight is 1030 g/mol. The maximum Gasteiger partial charge on any atom is 0.194 e. The molecule has 0 spiro atoms. The zero-order valence-electron chi connectivity index (χ0n) is 42.5. The summed E-state index contributed by atoms with van der Waals surface area (Å²) in [5.74, 6) is 2.01. The zero-order chi connectivity index (χ0) is 52.3. The number of ketones is 1. The summed E-state index contributed by atoms with van der Waals surface area (Å²) >= 11 is 1.96. The van der Waals surface area contributed by atoms with Crippen LogP contribution in [0, 0.1) is 0 Å². The number of aromatic nitrogens is 4. The second kappa shape index (κ2) is 23.9. The minimum Gasteiger partial charge on any atom is -0.497 e. The number of benzene rings is 7. The monoisotopic (exact) mass is 1030 g/mol. The van der Waals surface area contributed by atoms with Crippen LogP contribution >= 0.6 is 11.8 Å². The number of rotatable bonds is 23. The standard InChI is InChI=1S/C63H61N5O7S/c1-71-51-36-32-46(33-37-51)62(45-24-12-6-13-25-45,47-34-38-52(72-2)39-35-47)75-57(54(69)44-22-10-5-11-23-44)58-56(55(70)61(74-58)68-43-67-53-59(64)65-42-66-60(53)68)73-40-20-3-4-21-41-76-63(48-26-14-7-15-27-48,49-28-16-8-17-29-49)50-30-18-9-19-31-50/h5-19,22-39,42-43,55-58,61,70H,3-4,20-21,40-41H2,1-2H3,(H2,64,65,66)/t55-,56+,57?,58+,61-/m1/s1. The van der Waals surface area contributed by atoms with Crippen molar-refractivity contribution in [3.05, 3.63) is 252 Å². The molecule has 0 aliphatic carbocycles. The summed E-state index contributed by atoms with van der Waals surface area (Å²) in [6, 6.07) is 66.3. The van der Waals surface area contributed by atoms with Crippen molar-refractivity contribution in [2.45, 2.75) is 66.7 Å². The Labute approximate surface area is 447 Å². The first kappa shape index (κ1) is 51.8. The lowest BCUT2D eigenvalue weighted by Crippen LogP contribution is -2.50. The molecule has 12 nitrogen and oxygen atoms in total. The highest BCUT2D eigenvalue weighted by molar-refractivity contribution is 8.00. The van der Waals surface area contributed by atoms with Gasteiger partial charge in [0.25, 0.3) is 0 Å². The molecule has 0 radical (unpaired) electrons. The molecule has 386 valence electrons. The maximum absolute atomic E-state index is 15.6. The van der Waals surface area contributed by atoms with Gasteiger partial charge < -0.3 is 34.5 Å². The van der Waals surface area contributed by atoms with Crippen molar-refractivity contribution in [1.29, 1.82) is 0 Å². The molecule has 3 N–H and O–H groups in total. The Kier molecular flexibility index (Phi) is 16.3. The van der Waals surface area contributed by atoms with Gasteiger partial charge in [0.1, 0.15) is 47.3 Å². The number of hydrogen-bond acceptors (Lipinski definition) is 12. The molecular formula is C63H61N5O7S. The van der Waals surface area contributed by atoms with Gasteiger partial charge in [0.05, 0.1) is 25.3 Å². The molecule has 0 saturated carbocycles. The molecule has 2 aromatic heterocycles. The second-order valence-corrected chi connectivity index (χ2v) is 20.0. The van der Waals surface area contributed by atoms with E-state index in [-0.39, 0.29) is 18.2 Å². The summed E-state index contributed by atoms with van der Waals surface area (Å²) in [6.45, 7) is 0.274. The van der Waals surface area contributed by atoms with E-state index in [2.05, 4.69) is 106 Å². The fourth-order valence-electron chi connectivity index (χ4n) is 10.4. The molecule has 9 aromatic rings. The predicted molar refractivity (Wildman–Crippen MR) is 297 cm³/mol. The van der Waals surface area contributed by atoms with E-state index in [1.807, 2.05) is 109 Å². The Morgan fingerprint density at radius 2 is 1.12 bits per heavy atom. The maximum atomic E-state index is 15.6. The molecule has 1 aliphatic heterocycles.